The van der Waals surface area contributed by atoms with Crippen molar-refractivity contribution in [1.29, 1.82) is 0 Å². The molecule has 5 heteroatoms. The summed E-state index contributed by atoms with van der Waals surface area (Å²) >= 11 is 0. The van der Waals surface area contributed by atoms with Gasteiger partial charge in [-0.15, -0.1) is 0 Å². The maximum Gasteiger partial charge on any atom is 0.272 e. The Morgan fingerprint density at radius 1 is 1.56 bits per heavy atom. The van der Waals surface area contributed by atoms with Gasteiger partial charge < -0.3 is 15.5 Å². The number of nitrogens with zero attached hydrogens (tertiary/aromatic N) is 3. The van der Waals surface area contributed by atoms with Crippen molar-refractivity contribution in [3.63, 3.8) is 0 Å². The fourth-order valence-electron chi connectivity index (χ4n) is 2.29. The van der Waals surface area contributed by atoms with Crippen LogP contribution in [0.1, 0.15) is 23.3 Å². The van der Waals surface area contributed by atoms with Gasteiger partial charge in [0, 0.05) is 31.0 Å². The van der Waals surface area contributed by atoms with Gasteiger partial charge in [0.2, 0.25) is 0 Å². The summed E-state index contributed by atoms with van der Waals surface area (Å²) in [6, 6.07) is 3.76. The topological polar surface area (TPSA) is 62.5 Å². The predicted molar refractivity (Wildman–Crippen MR) is 71.3 cm³/mol. The number of likely N-dealkylation sites (N-methyl/N-ethyl adjacent to an activating group) is 1. The minimum atomic E-state index is -0.0196. The summed E-state index contributed by atoms with van der Waals surface area (Å²) in [6.45, 7) is 1.57. The largest absolute Gasteiger partial charge is 0.399 e. The van der Waals surface area contributed by atoms with Gasteiger partial charge in [-0.05, 0) is 39.1 Å². The number of amides is 1. The number of pyridine rings is 1. The summed E-state index contributed by atoms with van der Waals surface area (Å²) < 4.78 is 0. The second-order valence-electron chi connectivity index (χ2n) is 4.99. The van der Waals surface area contributed by atoms with E-state index in [1.54, 1.807) is 18.3 Å². The Morgan fingerprint density at radius 2 is 2.33 bits per heavy atom. The first-order valence-corrected chi connectivity index (χ1v) is 6.25. The molecule has 1 aliphatic rings. The van der Waals surface area contributed by atoms with E-state index < -0.39 is 0 Å². The minimum absolute atomic E-state index is 0.0196. The van der Waals surface area contributed by atoms with Crippen LogP contribution in [0.5, 0.6) is 0 Å². The lowest BCUT2D eigenvalue weighted by atomic mass is 10.0. The van der Waals surface area contributed by atoms with E-state index in [4.69, 9.17) is 5.73 Å². The Labute approximate surface area is 108 Å². The van der Waals surface area contributed by atoms with E-state index in [9.17, 15) is 4.79 Å². The number of likely N-dealkylation sites (tertiary alicyclic amines) is 1. The zero-order valence-corrected chi connectivity index (χ0v) is 11.0. The van der Waals surface area contributed by atoms with Crippen molar-refractivity contribution < 1.29 is 4.79 Å². The van der Waals surface area contributed by atoms with Crippen LogP contribution >= 0.6 is 0 Å². The van der Waals surface area contributed by atoms with Gasteiger partial charge in [0.15, 0.2) is 0 Å². The molecule has 0 bridgehead atoms. The number of carbonyl (C=O) groups excluding carboxylic acids is 1. The van der Waals surface area contributed by atoms with Crippen LogP contribution in [0.25, 0.3) is 0 Å². The number of nitrogens with two attached hydrogens (primary N) is 1. The van der Waals surface area contributed by atoms with Gasteiger partial charge in [-0.25, -0.2) is 0 Å². The Hall–Kier alpha value is -1.62. The van der Waals surface area contributed by atoms with Crippen molar-refractivity contribution in [1.82, 2.24) is 14.8 Å². The van der Waals surface area contributed by atoms with E-state index in [-0.39, 0.29) is 5.91 Å². The number of anilines is 1. The highest BCUT2D eigenvalue weighted by molar-refractivity contribution is 5.93. The minimum Gasteiger partial charge on any atom is -0.399 e. The third kappa shape index (κ3) is 2.79. The lowest BCUT2D eigenvalue weighted by Crippen LogP contribution is -2.47. The van der Waals surface area contributed by atoms with Gasteiger partial charge in [0.25, 0.3) is 5.91 Å². The molecule has 0 aliphatic carbocycles. The second-order valence-corrected chi connectivity index (χ2v) is 4.99. The van der Waals surface area contributed by atoms with E-state index in [0.717, 1.165) is 25.9 Å². The van der Waals surface area contributed by atoms with Crippen LogP contribution in [0.3, 0.4) is 0 Å². The lowest BCUT2D eigenvalue weighted by Gasteiger charge is -2.35. The summed E-state index contributed by atoms with van der Waals surface area (Å²) in [5.41, 5.74) is 6.70. The van der Waals surface area contributed by atoms with Crippen molar-refractivity contribution in [2.45, 2.75) is 18.9 Å². The van der Waals surface area contributed by atoms with Crippen molar-refractivity contribution >= 4 is 11.6 Å². The number of piperidine rings is 1. The fourth-order valence-corrected chi connectivity index (χ4v) is 2.29. The van der Waals surface area contributed by atoms with Gasteiger partial charge in [0.1, 0.15) is 5.69 Å². The van der Waals surface area contributed by atoms with Crippen LogP contribution in [0.2, 0.25) is 0 Å². The number of hydrogen-bond acceptors (Lipinski definition) is 4. The normalized spacial score (nSPS) is 20.2. The maximum absolute atomic E-state index is 12.3. The first kappa shape index (κ1) is 12.8. The van der Waals surface area contributed by atoms with E-state index in [1.807, 2.05) is 4.90 Å². The molecule has 1 fully saturated rings. The molecule has 1 atom stereocenters. The number of aromatic nitrogens is 1. The summed E-state index contributed by atoms with van der Waals surface area (Å²) in [4.78, 5) is 20.5. The van der Waals surface area contributed by atoms with Crippen LogP contribution in [0.4, 0.5) is 5.69 Å². The molecule has 5 nitrogen and oxygen atoms in total. The van der Waals surface area contributed by atoms with Crippen LogP contribution in [-0.4, -0.2) is 53.9 Å². The highest BCUT2D eigenvalue weighted by atomic mass is 16.2. The van der Waals surface area contributed by atoms with Crippen molar-refractivity contribution in [2.75, 3.05) is 32.9 Å². The molecule has 1 unspecified atom stereocenters. The average molecular weight is 248 g/mol. The molecule has 18 heavy (non-hydrogen) atoms. The number of rotatable bonds is 2. The van der Waals surface area contributed by atoms with Crippen LogP contribution in [0, 0.1) is 0 Å². The van der Waals surface area contributed by atoms with Gasteiger partial charge in [-0.1, -0.05) is 0 Å². The average Bonchev–Trinajstić information content (AvgIpc) is 2.38. The molecule has 2 heterocycles. The highest BCUT2D eigenvalue weighted by Gasteiger charge is 2.26. The molecule has 2 N–H and O–H groups in total. The molecule has 1 aromatic heterocycles. The lowest BCUT2D eigenvalue weighted by molar-refractivity contribution is 0.0629. The molecule has 0 aromatic carbocycles. The Balaban J connectivity index is 2.09. The summed E-state index contributed by atoms with van der Waals surface area (Å²) in [5.74, 6) is -0.0196. The number of nitrogen functional groups attached to an aromatic ring is 1. The molecule has 98 valence electrons. The third-order valence-corrected chi connectivity index (χ3v) is 3.42. The molecule has 1 saturated heterocycles. The van der Waals surface area contributed by atoms with Gasteiger partial charge >= 0.3 is 0 Å². The fraction of sp³-hybridized carbons (Fsp3) is 0.538. The number of carbonyl (C=O) groups is 1. The number of hydrogen-bond donors (Lipinski definition) is 1. The quantitative estimate of drug-likeness (QED) is 0.842. The Bertz CT molecular complexity index is 433. The van der Waals surface area contributed by atoms with Gasteiger partial charge in [-0.3, -0.25) is 9.78 Å². The second kappa shape index (κ2) is 5.35. The zero-order chi connectivity index (χ0) is 13.1. The summed E-state index contributed by atoms with van der Waals surface area (Å²) in [6.07, 6.45) is 3.76. The molecule has 0 radical (unpaired) electrons. The van der Waals surface area contributed by atoms with Crippen LogP contribution in [-0.2, 0) is 0 Å². The van der Waals surface area contributed by atoms with Crippen molar-refractivity contribution in [3.05, 3.63) is 24.0 Å². The van der Waals surface area contributed by atoms with Crippen molar-refractivity contribution in [2.24, 2.45) is 0 Å². The van der Waals surface area contributed by atoms with E-state index in [2.05, 4.69) is 24.0 Å². The third-order valence-electron chi connectivity index (χ3n) is 3.42. The molecule has 2 rings (SSSR count). The molecule has 1 aromatic rings. The predicted octanol–water partition coefficient (Wildman–Crippen LogP) is 0.830. The maximum atomic E-state index is 12.3. The molecule has 0 spiro atoms. The Morgan fingerprint density at radius 3 is 3.00 bits per heavy atom. The molecular formula is C13H20N4O. The summed E-state index contributed by atoms with van der Waals surface area (Å²) in [5, 5.41) is 0. The molecule has 1 amide bonds. The molecule has 1 aliphatic heterocycles. The van der Waals surface area contributed by atoms with Crippen LogP contribution in [0.15, 0.2) is 18.3 Å². The Kier molecular flexibility index (Phi) is 3.81. The van der Waals surface area contributed by atoms with E-state index in [1.165, 1.54) is 0 Å². The highest BCUT2D eigenvalue weighted by Crippen LogP contribution is 2.16. The van der Waals surface area contributed by atoms with Crippen molar-refractivity contribution in [3.8, 4) is 0 Å². The van der Waals surface area contributed by atoms with Gasteiger partial charge in [-0.2, -0.15) is 0 Å². The molecule has 0 saturated carbocycles. The first-order valence-electron chi connectivity index (χ1n) is 6.25. The zero-order valence-electron chi connectivity index (χ0n) is 11.0. The van der Waals surface area contributed by atoms with E-state index >= 15 is 0 Å². The SMILES string of the molecule is CN(C)C1CCCN(C(=O)c2cc(N)ccn2)C1. The smallest absolute Gasteiger partial charge is 0.272 e. The monoisotopic (exact) mass is 248 g/mol. The first-order chi connectivity index (χ1) is 8.58. The standard InChI is InChI=1S/C13H20N4O/c1-16(2)11-4-3-7-17(9-11)13(18)12-8-10(14)5-6-15-12/h5-6,8,11H,3-4,7,9H2,1-2H3,(H2,14,15). The van der Waals surface area contributed by atoms with E-state index in [0.29, 0.717) is 17.4 Å². The van der Waals surface area contributed by atoms with Crippen LogP contribution < -0.4 is 5.73 Å². The molecular weight excluding hydrogens is 228 g/mol. The van der Waals surface area contributed by atoms with Gasteiger partial charge in [0.05, 0.1) is 0 Å². The summed E-state index contributed by atoms with van der Waals surface area (Å²) in [7, 11) is 4.11.